The molecule has 1 aromatic carbocycles. The molecule has 1 aliphatic rings. The van der Waals surface area contributed by atoms with Crippen LogP contribution >= 0.6 is 11.6 Å². The Kier molecular flexibility index (Phi) is 5.83. The largest absolute Gasteiger partial charge is 0.352 e. The molecule has 1 fully saturated rings. The van der Waals surface area contributed by atoms with Crippen LogP contribution in [0.2, 0.25) is 5.02 Å². The zero-order chi connectivity index (χ0) is 16.2. The second kappa shape index (κ2) is 7.44. The monoisotopic (exact) mass is 344 g/mol. The van der Waals surface area contributed by atoms with Crippen LogP contribution in [0.25, 0.3) is 0 Å². The molecule has 22 heavy (non-hydrogen) atoms. The van der Waals surface area contributed by atoms with Crippen molar-refractivity contribution in [3.8, 4) is 0 Å². The third kappa shape index (κ3) is 4.44. The highest BCUT2D eigenvalue weighted by atomic mass is 35.5. The zero-order valence-corrected chi connectivity index (χ0v) is 14.2. The average Bonchev–Trinajstić information content (AvgIpc) is 2.54. The minimum atomic E-state index is -3.14. The number of rotatable bonds is 5. The fourth-order valence-electron chi connectivity index (χ4n) is 2.51. The maximum absolute atomic E-state index is 12.2. The van der Waals surface area contributed by atoms with Crippen LogP contribution in [0.1, 0.15) is 25.3 Å². The van der Waals surface area contributed by atoms with E-state index in [1.165, 1.54) is 4.31 Å². The fraction of sp³-hybridized carbons (Fsp3) is 0.533. The number of piperidine rings is 1. The van der Waals surface area contributed by atoms with Gasteiger partial charge in [-0.1, -0.05) is 23.7 Å². The molecule has 1 aromatic rings. The summed E-state index contributed by atoms with van der Waals surface area (Å²) in [7, 11) is -3.14. The molecule has 1 amide bonds. The van der Waals surface area contributed by atoms with E-state index in [1.54, 1.807) is 19.1 Å². The molecule has 7 heteroatoms. The molecule has 2 rings (SSSR count). The molecular weight excluding hydrogens is 324 g/mol. The normalized spacial score (nSPS) is 17.4. The highest BCUT2D eigenvalue weighted by molar-refractivity contribution is 7.89. The van der Waals surface area contributed by atoms with Crippen molar-refractivity contribution in [1.29, 1.82) is 0 Å². The Labute approximate surface area is 136 Å². The molecule has 0 bridgehead atoms. The lowest BCUT2D eigenvalue weighted by Gasteiger charge is -2.30. The first-order valence-electron chi connectivity index (χ1n) is 7.42. The van der Waals surface area contributed by atoms with Crippen LogP contribution in [-0.4, -0.2) is 37.5 Å². The molecule has 0 aromatic heterocycles. The second-order valence-corrected chi connectivity index (χ2v) is 8.11. The van der Waals surface area contributed by atoms with Gasteiger partial charge in [-0.15, -0.1) is 0 Å². The number of nitrogens with zero attached hydrogens (tertiary/aromatic N) is 1. The molecular formula is C15H21ClN2O3S. The first-order chi connectivity index (χ1) is 10.4. The summed E-state index contributed by atoms with van der Waals surface area (Å²) in [6.45, 7) is 2.95. The average molecular weight is 345 g/mol. The van der Waals surface area contributed by atoms with Gasteiger partial charge in [0.15, 0.2) is 0 Å². The Morgan fingerprint density at radius 2 is 1.86 bits per heavy atom. The minimum Gasteiger partial charge on any atom is -0.352 e. The smallest absolute Gasteiger partial charge is 0.223 e. The molecule has 5 nitrogen and oxygen atoms in total. The van der Waals surface area contributed by atoms with Crippen LogP contribution in [0.15, 0.2) is 24.3 Å². The molecule has 0 spiro atoms. The van der Waals surface area contributed by atoms with E-state index < -0.39 is 10.0 Å². The summed E-state index contributed by atoms with van der Waals surface area (Å²) in [5.74, 6) is -0.0143. The summed E-state index contributed by atoms with van der Waals surface area (Å²) < 4.78 is 25.0. The van der Waals surface area contributed by atoms with E-state index in [4.69, 9.17) is 11.6 Å². The van der Waals surface area contributed by atoms with Crippen LogP contribution < -0.4 is 5.32 Å². The Bertz CT molecular complexity index is 608. The van der Waals surface area contributed by atoms with Gasteiger partial charge in [-0.05, 0) is 37.5 Å². The lowest BCUT2D eigenvalue weighted by atomic mass is 9.97. The van der Waals surface area contributed by atoms with Crippen molar-refractivity contribution in [2.75, 3.05) is 18.8 Å². The molecule has 0 saturated carbocycles. The summed E-state index contributed by atoms with van der Waals surface area (Å²) in [6.07, 6.45) is 1.15. The van der Waals surface area contributed by atoms with Crippen LogP contribution in [0.5, 0.6) is 0 Å². The summed E-state index contributed by atoms with van der Waals surface area (Å²) in [6, 6.07) is 7.33. The van der Waals surface area contributed by atoms with Crippen LogP contribution in [-0.2, 0) is 21.4 Å². The van der Waals surface area contributed by atoms with Gasteiger partial charge in [0.25, 0.3) is 0 Å². The Balaban J connectivity index is 1.81. The van der Waals surface area contributed by atoms with Crippen molar-refractivity contribution in [3.63, 3.8) is 0 Å². The maximum Gasteiger partial charge on any atom is 0.223 e. The Morgan fingerprint density at radius 1 is 1.27 bits per heavy atom. The predicted octanol–water partition coefficient (Wildman–Crippen LogP) is 2.02. The van der Waals surface area contributed by atoms with E-state index in [0.717, 1.165) is 5.56 Å². The minimum absolute atomic E-state index is 0.0107. The van der Waals surface area contributed by atoms with E-state index in [0.29, 0.717) is 37.5 Å². The van der Waals surface area contributed by atoms with Crippen LogP contribution in [0.3, 0.4) is 0 Å². The van der Waals surface area contributed by atoms with Gasteiger partial charge in [0.2, 0.25) is 15.9 Å². The number of amides is 1. The van der Waals surface area contributed by atoms with Gasteiger partial charge < -0.3 is 5.32 Å². The maximum atomic E-state index is 12.2. The Morgan fingerprint density at radius 3 is 2.41 bits per heavy atom. The van der Waals surface area contributed by atoms with Gasteiger partial charge >= 0.3 is 0 Å². The van der Waals surface area contributed by atoms with Crippen LogP contribution in [0.4, 0.5) is 0 Å². The lowest BCUT2D eigenvalue weighted by Crippen LogP contribution is -2.43. The highest BCUT2D eigenvalue weighted by Crippen LogP contribution is 2.20. The molecule has 0 radical (unpaired) electrons. The number of benzene rings is 1. The van der Waals surface area contributed by atoms with Crippen molar-refractivity contribution in [1.82, 2.24) is 9.62 Å². The summed E-state index contributed by atoms with van der Waals surface area (Å²) in [5, 5.41) is 3.57. The van der Waals surface area contributed by atoms with Gasteiger partial charge in [0.05, 0.1) is 5.75 Å². The molecule has 122 valence electrons. The second-order valence-electron chi connectivity index (χ2n) is 5.42. The number of hydrogen-bond acceptors (Lipinski definition) is 3. The van der Waals surface area contributed by atoms with Crippen LogP contribution in [0, 0.1) is 5.92 Å². The summed E-state index contributed by atoms with van der Waals surface area (Å²) in [5.41, 5.74) is 0.990. The van der Waals surface area contributed by atoms with E-state index >= 15 is 0 Å². The van der Waals surface area contributed by atoms with Gasteiger partial charge in [0.1, 0.15) is 0 Å². The SMILES string of the molecule is CCS(=O)(=O)N1CCC(C(=O)NCc2ccc(Cl)cc2)CC1. The molecule has 0 unspecified atom stereocenters. The zero-order valence-electron chi connectivity index (χ0n) is 12.6. The molecule has 0 aliphatic carbocycles. The third-order valence-electron chi connectivity index (χ3n) is 3.96. The van der Waals surface area contributed by atoms with Gasteiger partial charge in [-0.3, -0.25) is 4.79 Å². The van der Waals surface area contributed by atoms with E-state index in [1.807, 2.05) is 12.1 Å². The van der Waals surface area contributed by atoms with Crippen molar-refractivity contribution in [3.05, 3.63) is 34.9 Å². The standard InChI is InChI=1S/C15H21ClN2O3S/c1-2-22(20,21)18-9-7-13(8-10-18)15(19)17-11-12-3-5-14(16)6-4-12/h3-6,13H,2,7-11H2,1H3,(H,17,19). The number of carbonyl (C=O) groups is 1. The quantitative estimate of drug-likeness (QED) is 0.888. The van der Waals surface area contributed by atoms with E-state index in [9.17, 15) is 13.2 Å². The van der Waals surface area contributed by atoms with Gasteiger partial charge in [-0.2, -0.15) is 0 Å². The van der Waals surface area contributed by atoms with Crippen molar-refractivity contribution < 1.29 is 13.2 Å². The first-order valence-corrected chi connectivity index (χ1v) is 9.41. The number of hydrogen-bond donors (Lipinski definition) is 1. The number of carbonyl (C=O) groups excluding carboxylic acids is 1. The summed E-state index contributed by atoms with van der Waals surface area (Å²) in [4.78, 5) is 12.2. The van der Waals surface area contributed by atoms with E-state index in [2.05, 4.69) is 5.32 Å². The van der Waals surface area contributed by atoms with Gasteiger partial charge in [0, 0.05) is 30.6 Å². The number of nitrogens with one attached hydrogen (secondary N) is 1. The molecule has 0 atom stereocenters. The van der Waals surface area contributed by atoms with Gasteiger partial charge in [-0.25, -0.2) is 12.7 Å². The number of halogens is 1. The topological polar surface area (TPSA) is 66.5 Å². The molecule has 1 N–H and O–H groups in total. The number of sulfonamides is 1. The van der Waals surface area contributed by atoms with Crippen molar-refractivity contribution >= 4 is 27.5 Å². The predicted molar refractivity (Wildman–Crippen MR) is 87.1 cm³/mol. The fourth-order valence-corrected chi connectivity index (χ4v) is 3.77. The molecule has 1 aliphatic heterocycles. The van der Waals surface area contributed by atoms with E-state index in [-0.39, 0.29) is 17.6 Å². The lowest BCUT2D eigenvalue weighted by molar-refractivity contribution is -0.126. The summed E-state index contributed by atoms with van der Waals surface area (Å²) >= 11 is 5.82. The van der Waals surface area contributed by atoms with Crippen molar-refractivity contribution in [2.45, 2.75) is 26.3 Å². The third-order valence-corrected chi connectivity index (χ3v) is 6.10. The molecule has 1 saturated heterocycles. The van der Waals surface area contributed by atoms with Crippen molar-refractivity contribution in [2.24, 2.45) is 5.92 Å². The highest BCUT2D eigenvalue weighted by Gasteiger charge is 2.29. The molecule has 1 heterocycles. The Hall–Kier alpha value is -1.11. The first kappa shape index (κ1) is 17.2.